The van der Waals surface area contributed by atoms with Gasteiger partial charge in [0.2, 0.25) is 0 Å². The molecule has 10 nitrogen and oxygen atoms in total. The molecule has 2 aliphatic heterocycles. The summed E-state index contributed by atoms with van der Waals surface area (Å²) in [6, 6.07) is 11.9. The van der Waals surface area contributed by atoms with E-state index in [1.54, 1.807) is 6.20 Å². The number of carbonyl (C=O) groups excluding carboxylic acids is 1. The quantitative estimate of drug-likeness (QED) is 0.439. The standard InChI is InChI=1S/C21H23N5O.2C2HF3O2/c27-21(19-8-9-22-20-6-2-1-5-18(19)20)25-14-16-7-10-23-26(16)17(15-25)13-24-11-3-4-12-24;2*3-2(4,5)1(6)7/h1-2,5-10,17H,3-4,11-15H2;2*(H,6,7). The normalized spacial score (nSPS) is 17.1. The number of hydrogen-bond donors (Lipinski definition) is 2. The molecule has 1 amide bonds. The highest BCUT2D eigenvalue weighted by molar-refractivity contribution is 6.06. The van der Waals surface area contributed by atoms with Gasteiger partial charge in [-0.25, -0.2) is 9.59 Å². The maximum atomic E-state index is 13.4. The van der Waals surface area contributed by atoms with E-state index in [9.17, 15) is 31.1 Å². The van der Waals surface area contributed by atoms with E-state index in [1.807, 2.05) is 47.5 Å². The molecular weight excluding hydrogens is 564 g/mol. The summed E-state index contributed by atoms with van der Waals surface area (Å²) in [7, 11) is 0. The summed E-state index contributed by atoms with van der Waals surface area (Å²) in [6.07, 6.45) is -4.05. The maximum absolute atomic E-state index is 13.4. The van der Waals surface area contributed by atoms with Crippen molar-refractivity contribution in [3.63, 3.8) is 0 Å². The second-order valence-corrected chi connectivity index (χ2v) is 9.10. The van der Waals surface area contributed by atoms with Crippen molar-refractivity contribution < 1.29 is 50.9 Å². The van der Waals surface area contributed by atoms with Gasteiger partial charge in [-0.1, -0.05) is 18.2 Å². The molecule has 4 heterocycles. The fourth-order valence-corrected chi connectivity index (χ4v) is 4.39. The summed E-state index contributed by atoms with van der Waals surface area (Å²) in [5.41, 5.74) is 2.70. The van der Waals surface area contributed by atoms with Crippen molar-refractivity contribution in [2.24, 2.45) is 0 Å². The van der Waals surface area contributed by atoms with Gasteiger partial charge in [0.05, 0.1) is 29.4 Å². The molecule has 2 aliphatic rings. The first kappa shape index (κ1) is 31.3. The number of alkyl halides is 6. The summed E-state index contributed by atoms with van der Waals surface area (Å²) in [5, 5.41) is 19.7. The molecule has 1 saturated heterocycles. The number of carbonyl (C=O) groups is 3. The Balaban J connectivity index is 0.000000276. The van der Waals surface area contributed by atoms with Gasteiger partial charge < -0.3 is 20.0 Å². The van der Waals surface area contributed by atoms with E-state index in [0.29, 0.717) is 13.1 Å². The van der Waals surface area contributed by atoms with Gasteiger partial charge in [0.15, 0.2) is 0 Å². The van der Waals surface area contributed by atoms with Crippen LogP contribution in [0.15, 0.2) is 48.8 Å². The van der Waals surface area contributed by atoms with Crippen LogP contribution in [0.5, 0.6) is 0 Å². The first-order valence-corrected chi connectivity index (χ1v) is 12.2. The van der Waals surface area contributed by atoms with Crippen molar-refractivity contribution in [2.75, 3.05) is 26.2 Å². The number of amides is 1. The maximum Gasteiger partial charge on any atom is 0.490 e. The Morgan fingerprint density at radius 2 is 1.46 bits per heavy atom. The smallest absolute Gasteiger partial charge is 0.475 e. The van der Waals surface area contributed by atoms with Crippen molar-refractivity contribution in [2.45, 2.75) is 37.8 Å². The van der Waals surface area contributed by atoms with Gasteiger partial charge in [0, 0.05) is 30.9 Å². The molecule has 3 aromatic rings. The SMILES string of the molecule is O=C(O)C(F)(F)F.O=C(O)C(F)(F)F.O=C(c1ccnc2ccccc12)N1Cc2ccnn2C(CN2CCCC2)C1. The fraction of sp³-hybridized carbons (Fsp3) is 0.400. The minimum Gasteiger partial charge on any atom is -0.475 e. The fourth-order valence-electron chi connectivity index (χ4n) is 4.39. The second kappa shape index (κ2) is 13.0. The van der Waals surface area contributed by atoms with Crippen LogP contribution in [0.2, 0.25) is 0 Å². The molecule has 2 N–H and O–H groups in total. The minimum atomic E-state index is -5.08. The number of halogens is 6. The zero-order valence-corrected chi connectivity index (χ0v) is 21.3. The molecule has 0 aliphatic carbocycles. The van der Waals surface area contributed by atoms with Gasteiger partial charge in [0.1, 0.15) is 0 Å². The monoisotopic (exact) mass is 589 g/mol. The highest BCUT2D eigenvalue weighted by Gasteiger charge is 2.39. The molecule has 41 heavy (non-hydrogen) atoms. The third-order valence-corrected chi connectivity index (χ3v) is 6.20. The predicted molar refractivity (Wildman–Crippen MR) is 131 cm³/mol. The number of carboxylic acid groups (broad SMARTS) is 2. The van der Waals surface area contributed by atoms with E-state index in [-0.39, 0.29) is 11.9 Å². The lowest BCUT2D eigenvalue weighted by atomic mass is 10.1. The Bertz CT molecular complexity index is 1340. The molecule has 2 aromatic heterocycles. The van der Waals surface area contributed by atoms with E-state index in [0.717, 1.165) is 41.8 Å². The Morgan fingerprint density at radius 1 is 0.878 bits per heavy atom. The average molecular weight is 589 g/mol. The van der Waals surface area contributed by atoms with E-state index < -0.39 is 24.3 Å². The molecule has 1 aromatic carbocycles. The van der Waals surface area contributed by atoms with Crippen molar-refractivity contribution in [1.29, 1.82) is 0 Å². The third-order valence-electron chi connectivity index (χ3n) is 6.20. The summed E-state index contributed by atoms with van der Waals surface area (Å²) in [6.45, 7) is 4.55. The molecule has 1 atom stereocenters. The van der Waals surface area contributed by atoms with Gasteiger partial charge in [-0.2, -0.15) is 31.4 Å². The van der Waals surface area contributed by atoms with Crippen LogP contribution < -0.4 is 0 Å². The van der Waals surface area contributed by atoms with Crippen molar-refractivity contribution in [1.82, 2.24) is 24.6 Å². The molecule has 0 bridgehead atoms. The van der Waals surface area contributed by atoms with Crippen molar-refractivity contribution in [3.05, 3.63) is 60.0 Å². The number of nitrogens with zero attached hydrogens (tertiary/aromatic N) is 5. The van der Waals surface area contributed by atoms with Gasteiger partial charge in [-0.05, 0) is 44.1 Å². The highest BCUT2D eigenvalue weighted by Crippen LogP contribution is 2.26. The highest BCUT2D eigenvalue weighted by atomic mass is 19.4. The number of fused-ring (bicyclic) bond motifs is 2. The van der Waals surface area contributed by atoms with Gasteiger partial charge in [-0.15, -0.1) is 0 Å². The Kier molecular flexibility index (Phi) is 9.91. The molecular formula is C25H25F6N5O5. The number of benzene rings is 1. The summed E-state index contributed by atoms with van der Waals surface area (Å²) in [5.74, 6) is -5.44. The zero-order valence-electron chi connectivity index (χ0n) is 21.3. The number of pyridine rings is 1. The van der Waals surface area contributed by atoms with Crippen LogP contribution in [-0.4, -0.2) is 91.2 Å². The number of rotatable bonds is 3. The van der Waals surface area contributed by atoms with E-state index in [1.165, 1.54) is 12.8 Å². The number of aliphatic carboxylic acids is 2. The third kappa shape index (κ3) is 8.39. The van der Waals surface area contributed by atoms with Crippen LogP contribution in [0, 0.1) is 0 Å². The lowest BCUT2D eigenvalue weighted by Crippen LogP contribution is -2.45. The van der Waals surface area contributed by atoms with Crippen LogP contribution in [0.4, 0.5) is 26.3 Å². The van der Waals surface area contributed by atoms with Crippen molar-refractivity contribution >= 4 is 28.7 Å². The summed E-state index contributed by atoms with van der Waals surface area (Å²) < 4.78 is 65.6. The topological polar surface area (TPSA) is 129 Å². The van der Waals surface area contributed by atoms with Crippen LogP contribution in [0.1, 0.15) is 34.9 Å². The first-order chi connectivity index (χ1) is 19.2. The molecule has 1 unspecified atom stereocenters. The minimum absolute atomic E-state index is 0.0764. The Labute approximate surface area is 228 Å². The van der Waals surface area contributed by atoms with E-state index >= 15 is 0 Å². The summed E-state index contributed by atoms with van der Waals surface area (Å²) >= 11 is 0. The molecule has 222 valence electrons. The molecule has 0 saturated carbocycles. The number of aromatic nitrogens is 3. The van der Waals surface area contributed by atoms with Gasteiger partial charge in [0.25, 0.3) is 5.91 Å². The number of hydrogen-bond acceptors (Lipinski definition) is 6. The zero-order chi connectivity index (χ0) is 30.4. The van der Waals surface area contributed by atoms with Crippen LogP contribution >= 0.6 is 0 Å². The van der Waals surface area contributed by atoms with Crippen molar-refractivity contribution in [3.8, 4) is 0 Å². The van der Waals surface area contributed by atoms with Crippen LogP contribution in [0.3, 0.4) is 0 Å². The number of carboxylic acids is 2. The summed E-state index contributed by atoms with van der Waals surface area (Å²) in [4.78, 5) is 40.0. The molecule has 16 heteroatoms. The Hall–Kier alpha value is -4.21. The molecule has 1 fully saturated rings. The lowest BCUT2D eigenvalue weighted by Gasteiger charge is -2.36. The van der Waals surface area contributed by atoms with Crippen LogP contribution in [-0.2, 0) is 16.1 Å². The molecule has 5 rings (SSSR count). The second-order valence-electron chi connectivity index (χ2n) is 9.10. The van der Waals surface area contributed by atoms with Gasteiger partial charge in [-0.3, -0.25) is 14.5 Å². The van der Waals surface area contributed by atoms with E-state index in [2.05, 4.69) is 19.7 Å². The Morgan fingerprint density at radius 3 is 2.05 bits per heavy atom. The lowest BCUT2D eigenvalue weighted by molar-refractivity contribution is -0.193. The first-order valence-electron chi connectivity index (χ1n) is 12.2. The molecule has 0 spiro atoms. The number of likely N-dealkylation sites (tertiary alicyclic amines) is 1. The van der Waals surface area contributed by atoms with Gasteiger partial charge >= 0.3 is 24.3 Å². The number of para-hydroxylation sites is 1. The van der Waals surface area contributed by atoms with E-state index in [4.69, 9.17) is 19.8 Å². The largest absolute Gasteiger partial charge is 0.490 e. The average Bonchev–Trinajstić information content (AvgIpc) is 3.60. The predicted octanol–water partition coefficient (Wildman–Crippen LogP) is 3.99. The molecule has 0 radical (unpaired) electrons. The van der Waals surface area contributed by atoms with Crippen LogP contribution in [0.25, 0.3) is 10.9 Å².